The number of rotatable bonds is 0. The monoisotopic (exact) mass is 445 g/mol. The summed E-state index contributed by atoms with van der Waals surface area (Å²) in [5.74, 6) is 0. The molecule has 17 heavy (non-hydrogen) atoms. The Morgan fingerprint density at radius 3 is 0.471 bits per heavy atom. The molecule has 0 unspecified atom stereocenters. The van der Waals surface area contributed by atoms with Gasteiger partial charge in [0.1, 0.15) is 0 Å². The molecule has 0 aliphatic heterocycles. The summed E-state index contributed by atoms with van der Waals surface area (Å²) in [6, 6.07) is 0. The predicted octanol–water partition coefficient (Wildman–Crippen LogP) is -4.02. The molecule has 0 aliphatic rings. The molecular formula is CoMoO12S3. The van der Waals surface area contributed by atoms with E-state index in [0.717, 1.165) is 0 Å². The molecule has 0 saturated carbocycles. The molecular weight excluding hydrogens is 443 g/mol. The molecule has 0 bridgehead atoms. The first-order chi connectivity index (χ1) is 6.00. The van der Waals surface area contributed by atoms with Crippen LogP contribution in [-0.4, -0.2) is 52.6 Å². The van der Waals surface area contributed by atoms with E-state index in [1.807, 2.05) is 0 Å². The summed E-state index contributed by atoms with van der Waals surface area (Å²) in [6.07, 6.45) is 0. The van der Waals surface area contributed by atoms with Crippen molar-refractivity contribution in [3.8, 4) is 0 Å². The SMILES string of the molecule is O=S(=O)([O-])[O-].O=S(=O)([O-])[O-].O=S(=O)([O-])[O-].[Co].[Mo+6]. The molecule has 0 N–H and O–H groups in total. The number of hydrogen-bond acceptors (Lipinski definition) is 12. The van der Waals surface area contributed by atoms with E-state index in [-0.39, 0.29) is 37.8 Å². The van der Waals surface area contributed by atoms with Crippen molar-refractivity contribution in [2.24, 2.45) is 0 Å². The van der Waals surface area contributed by atoms with Crippen LogP contribution in [0, 0.1) is 0 Å². The van der Waals surface area contributed by atoms with E-state index < -0.39 is 31.2 Å². The zero-order valence-corrected chi connectivity index (χ0v) is 12.4. The Labute approximate surface area is 121 Å². The molecule has 0 atom stereocenters. The van der Waals surface area contributed by atoms with Crippen molar-refractivity contribution in [3.63, 3.8) is 0 Å². The molecule has 12 nitrogen and oxygen atoms in total. The standard InChI is InChI=1S/Co.Mo.3H2O4S/c;;3*1-5(2,3)4/h;;3*(H2,1,2,3,4)/q;+6;;;/p-6. The first-order valence-corrected chi connectivity index (χ1v) is 6.00. The Morgan fingerprint density at radius 1 is 0.471 bits per heavy atom. The second kappa shape index (κ2) is 11.9. The van der Waals surface area contributed by atoms with Gasteiger partial charge in [-0.25, -0.2) is 0 Å². The van der Waals surface area contributed by atoms with Gasteiger partial charge in [0.25, 0.3) is 0 Å². The van der Waals surface area contributed by atoms with Gasteiger partial charge in [-0.2, -0.15) is 0 Å². The van der Waals surface area contributed by atoms with Crippen molar-refractivity contribution in [1.82, 2.24) is 0 Å². The average Bonchev–Trinajstić information content (AvgIpc) is 1.41. The van der Waals surface area contributed by atoms with Crippen LogP contribution in [-0.2, 0) is 69.0 Å². The van der Waals surface area contributed by atoms with Gasteiger partial charge in [-0.3, -0.25) is 25.3 Å². The van der Waals surface area contributed by atoms with E-state index in [1.165, 1.54) is 0 Å². The van der Waals surface area contributed by atoms with Crippen LogP contribution < -0.4 is 0 Å². The Hall–Kier alpha value is 0.805. The van der Waals surface area contributed by atoms with Crippen molar-refractivity contribution < 1.29 is 90.4 Å². The van der Waals surface area contributed by atoms with Gasteiger partial charge in [0, 0.05) is 48.0 Å². The first-order valence-electron chi connectivity index (χ1n) is 2.00. The molecule has 0 aromatic heterocycles. The van der Waals surface area contributed by atoms with Gasteiger partial charge in [0.2, 0.25) is 0 Å². The maximum Gasteiger partial charge on any atom is 6.00 e. The van der Waals surface area contributed by atoms with E-state index in [0.29, 0.717) is 0 Å². The molecule has 0 spiro atoms. The van der Waals surface area contributed by atoms with Crippen LogP contribution in [0.3, 0.4) is 0 Å². The molecule has 0 heterocycles. The third-order valence-electron chi connectivity index (χ3n) is 0. The van der Waals surface area contributed by atoms with Gasteiger partial charge in [0.05, 0.1) is 0 Å². The first kappa shape index (κ1) is 30.7. The second-order valence-electron chi connectivity index (χ2n) is 1.22. The van der Waals surface area contributed by atoms with Crippen LogP contribution in [0.4, 0.5) is 0 Å². The van der Waals surface area contributed by atoms with E-state index in [4.69, 9.17) is 52.6 Å². The Kier molecular flexibility index (Phi) is 21.4. The molecule has 0 saturated heterocycles. The largest absolute Gasteiger partial charge is 6.00 e. The molecule has 0 fully saturated rings. The van der Waals surface area contributed by atoms with Crippen LogP contribution >= 0.6 is 0 Å². The molecule has 0 aromatic rings. The van der Waals surface area contributed by atoms with E-state index >= 15 is 0 Å². The maximum absolute atomic E-state index is 8.52. The fourth-order valence-electron chi connectivity index (χ4n) is 0. The van der Waals surface area contributed by atoms with Crippen LogP contribution in [0.2, 0.25) is 0 Å². The summed E-state index contributed by atoms with van der Waals surface area (Å²) in [4.78, 5) is 0. The Bertz CT molecular complexity index is 343. The van der Waals surface area contributed by atoms with Gasteiger partial charge in [-0.15, -0.1) is 0 Å². The molecule has 0 amide bonds. The van der Waals surface area contributed by atoms with E-state index in [1.54, 1.807) is 0 Å². The van der Waals surface area contributed by atoms with Gasteiger partial charge in [-0.1, -0.05) is 0 Å². The van der Waals surface area contributed by atoms with Gasteiger partial charge >= 0.3 is 21.1 Å². The average molecular weight is 443 g/mol. The summed E-state index contributed by atoms with van der Waals surface area (Å²) in [5.41, 5.74) is 0. The summed E-state index contributed by atoms with van der Waals surface area (Å²) < 4.78 is 102. The smallest absolute Gasteiger partial charge is 0.759 e. The van der Waals surface area contributed by atoms with Crippen molar-refractivity contribution in [3.05, 3.63) is 0 Å². The van der Waals surface area contributed by atoms with Crippen LogP contribution in [0.25, 0.3) is 0 Å². The van der Waals surface area contributed by atoms with E-state index in [2.05, 4.69) is 0 Å². The summed E-state index contributed by atoms with van der Waals surface area (Å²) in [7, 11) is -15.5. The number of hydrogen-bond donors (Lipinski definition) is 0. The third kappa shape index (κ3) is 5690. The van der Waals surface area contributed by atoms with Crippen molar-refractivity contribution >= 4 is 31.2 Å². The van der Waals surface area contributed by atoms with Crippen molar-refractivity contribution in [2.45, 2.75) is 0 Å². The van der Waals surface area contributed by atoms with Gasteiger partial charge < -0.3 is 27.3 Å². The van der Waals surface area contributed by atoms with E-state index in [9.17, 15) is 0 Å². The summed E-state index contributed by atoms with van der Waals surface area (Å²) in [6.45, 7) is 0. The fourth-order valence-corrected chi connectivity index (χ4v) is 0. The minimum Gasteiger partial charge on any atom is -0.759 e. The molecule has 0 aromatic carbocycles. The summed E-state index contributed by atoms with van der Waals surface area (Å²) in [5, 5.41) is 0. The minimum absolute atomic E-state index is 0. The summed E-state index contributed by atoms with van der Waals surface area (Å²) >= 11 is 0. The zero-order valence-electron chi connectivity index (χ0n) is 6.87. The molecule has 1 radical (unpaired) electrons. The molecule has 105 valence electrons. The van der Waals surface area contributed by atoms with Gasteiger partial charge in [-0.05, 0) is 0 Å². The Balaban J connectivity index is -0.0000000400. The maximum atomic E-state index is 8.52. The van der Waals surface area contributed by atoms with Crippen LogP contribution in [0.5, 0.6) is 0 Å². The second-order valence-corrected chi connectivity index (χ2v) is 3.67. The minimum atomic E-state index is -5.17. The van der Waals surface area contributed by atoms with Crippen LogP contribution in [0.1, 0.15) is 0 Å². The van der Waals surface area contributed by atoms with Crippen molar-refractivity contribution in [2.75, 3.05) is 0 Å². The predicted molar refractivity (Wildman–Crippen MR) is 31.4 cm³/mol. The molecule has 17 heteroatoms. The Morgan fingerprint density at radius 2 is 0.471 bits per heavy atom. The zero-order chi connectivity index (χ0) is 13.5. The fraction of sp³-hybridized carbons (Fsp3) is 0. The van der Waals surface area contributed by atoms with Gasteiger partial charge in [0.15, 0.2) is 0 Å². The van der Waals surface area contributed by atoms with Crippen molar-refractivity contribution in [1.29, 1.82) is 0 Å². The third-order valence-corrected chi connectivity index (χ3v) is 0. The molecule has 0 rings (SSSR count). The quantitative estimate of drug-likeness (QED) is 0.197. The normalized spacial score (nSPS) is 10.2. The van der Waals surface area contributed by atoms with Crippen LogP contribution in [0.15, 0.2) is 0 Å². The topological polar surface area (TPSA) is 241 Å². The molecule has 0 aliphatic carbocycles.